The van der Waals surface area contributed by atoms with Crippen molar-refractivity contribution in [3.8, 4) is 11.8 Å². The van der Waals surface area contributed by atoms with Crippen molar-refractivity contribution in [3.63, 3.8) is 0 Å². The minimum absolute atomic E-state index is 0.0873. The number of nitrogens with one attached hydrogen (secondary N) is 1. The van der Waals surface area contributed by atoms with Gasteiger partial charge < -0.3 is 19.8 Å². The van der Waals surface area contributed by atoms with Crippen LogP contribution in [0.5, 0.6) is 5.75 Å². The summed E-state index contributed by atoms with van der Waals surface area (Å²) >= 11 is 1.18. The second-order valence-corrected chi connectivity index (χ2v) is 7.29. The van der Waals surface area contributed by atoms with Crippen molar-refractivity contribution in [1.29, 1.82) is 10.7 Å². The molecule has 1 aromatic rings. The topological polar surface area (TPSA) is 121 Å². The Hall–Kier alpha value is -2.41. The number of rotatable bonds is 6. The largest absolute Gasteiger partial charge is 0.506 e. The lowest BCUT2D eigenvalue weighted by atomic mass is 10.1. The van der Waals surface area contributed by atoms with Gasteiger partial charge in [0.05, 0.1) is 23.7 Å². The van der Waals surface area contributed by atoms with E-state index in [1.807, 2.05) is 6.07 Å². The van der Waals surface area contributed by atoms with E-state index in [0.717, 1.165) is 0 Å². The van der Waals surface area contributed by atoms with Gasteiger partial charge in [-0.25, -0.2) is 4.79 Å². The molecule has 2 rings (SSSR count). The molecule has 9 heteroatoms. The van der Waals surface area contributed by atoms with Gasteiger partial charge in [0, 0.05) is 37.6 Å². The molecule has 1 aliphatic rings. The van der Waals surface area contributed by atoms with Crippen molar-refractivity contribution in [2.45, 2.75) is 13.8 Å². The number of aromatic hydroxyl groups is 1. The van der Waals surface area contributed by atoms with Crippen molar-refractivity contribution in [2.24, 2.45) is 0 Å². The Morgan fingerprint density at radius 2 is 2.07 bits per heavy atom. The van der Waals surface area contributed by atoms with Crippen molar-refractivity contribution < 1.29 is 19.7 Å². The molecule has 1 aromatic heterocycles. The average molecular weight is 392 g/mol. The summed E-state index contributed by atoms with van der Waals surface area (Å²) in [7, 11) is 0. The normalized spacial score (nSPS) is 15.5. The molecule has 1 saturated heterocycles. The van der Waals surface area contributed by atoms with Gasteiger partial charge in [-0.05, 0) is 19.9 Å². The summed E-state index contributed by atoms with van der Waals surface area (Å²) in [5.41, 5.74) is 0.229. The average Bonchev–Trinajstić information content (AvgIpc) is 2.93. The molecule has 1 fully saturated rings. The van der Waals surface area contributed by atoms with Gasteiger partial charge in [-0.3, -0.25) is 10.3 Å². The fourth-order valence-corrected chi connectivity index (χ4v) is 3.87. The SMILES string of the molecule is CCOC(=O)c1c(C)sc(C=C(C#N)C(=N)N2CCN(CCO)CC2)c1O. The monoisotopic (exact) mass is 392 g/mol. The molecular weight excluding hydrogens is 368 g/mol. The van der Waals surface area contributed by atoms with Gasteiger partial charge in [0.1, 0.15) is 23.2 Å². The Kier molecular flexibility index (Phi) is 7.36. The lowest BCUT2D eigenvalue weighted by molar-refractivity contribution is 0.0523. The lowest BCUT2D eigenvalue weighted by Crippen LogP contribution is -2.49. The number of aliphatic hydroxyl groups is 1. The molecular formula is C18H24N4O4S. The third-order valence-electron chi connectivity index (χ3n) is 4.32. The maximum Gasteiger partial charge on any atom is 0.343 e. The summed E-state index contributed by atoms with van der Waals surface area (Å²) in [5, 5.41) is 37.2. The molecule has 8 nitrogen and oxygen atoms in total. The van der Waals surface area contributed by atoms with E-state index in [1.54, 1.807) is 18.7 Å². The molecule has 0 saturated carbocycles. The fourth-order valence-electron chi connectivity index (χ4n) is 2.89. The summed E-state index contributed by atoms with van der Waals surface area (Å²) in [6.07, 6.45) is 1.44. The number of hydrogen-bond acceptors (Lipinski definition) is 8. The molecule has 146 valence electrons. The number of aliphatic hydroxyl groups excluding tert-OH is 1. The Morgan fingerprint density at radius 1 is 1.41 bits per heavy atom. The van der Waals surface area contributed by atoms with E-state index in [-0.39, 0.29) is 35.9 Å². The highest BCUT2D eigenvalue weighted by Crippen LogP contribution is 2.36. The lowest BCUT2D eigenvalue weighted by Gasteiger charge is -2.35. The van der Waals surface area contributed by atoms with E-state index in [2.05, 4.69) is 4.90 Å². The first-order valence-electron chi connectivity index (χ1n) is 8.71. The third-order valence-corrected chi connectivity index (χ3v) is 5.36. The minimum Gasteiger partial charge on any atom is -0.506 e. The molecule has 27 heavy (non-hydrogen) atoms. The molecule has 0 radical (unpaired) electrons. The molecule has 0 atom stereocenters. The summed E-state index contributed by atoms with van der Waals surface area (Å²) in [6.45, 7) is 6.87. The highest BCUT2D eigenvalue weighted by Gasteiger charge is 2.24. The number of aryl methyl sites for hydroxylation is 1. The molecule has 3 N–H and O–H groups in total. The van der Waals surface area contributed by atoms with E-state index < -0.39 is 5.97 Å². The number of carbonyl (C=O) groups is 1. The number of nitriles is 1. The molecule has 0 aromatic carbocycles. The standard InChI is InChI=1S/C18H24N4O4S/c1-3-26-18(25)15-12(2)27-14(16(15)24)10-13(11-19)17(20)22-6-4-21(5-7-22)8-9-23/h10,20,23-24H,3-9H2,1-2H3. The van der Waals surface area contributed by atoms with Crippen LogP contribution in [0, 0.1) is 23.7 Å². The summed E-state index contributed by atoms with van der Waals surface area (Å²) in [4.78, 5) is 16.8. The Morgan fingerprint density at radius 3 is 2.63 bits per heavy atom. The van der Waals surface area contributed by atoms with Gasteiger partial charge in [0.2, 0.25) is 0 Å². The number of thiophene rings is 1. The zero-order valence-electron chi connectivity index (χ0n) is 15.5. The van der Waals surface area contributed by atoms with Crippen LogP contribution in [-0.2, 0) is 4.74 Å². The van der Waals surface area contributed by atoms with Crippen LogP contribution < -0.4 is 0 Å². The number of nitrogens with zero attached hydrogens (tertiary/aromatic N) is 3. The highest BCUT2D eigenvalue weighted by molar-refractivity contribution is 7.13. The first-order chi connectivity index (χ1) is 12.9. The Bertz CT molecular complexity index is 773. The van der Waals surface area contributed by atoms with Gasteiger partial charge in [-0.1, -0.05) is 0 Å². The highest BCUT2D eigenvalue weighted by atomic mass is 32.1. The van der Waals surface area contributed by atoms with Crippen LogP contribution in [0.1, 0.15) is 27.0 Å². The van der Waals surface area contributed by atoms with E-state index in [9.17, 15) is 15.2 Å². The molecule has 0 unspecified atom stereocenters. The van der Waals surface area contributed by atoms with Gasteiger partial charge in [0.15, 0.2) is 0 Å². The van der Waals surface area contributed by atoms with Crippen molar-refractivity contribution in [1.82, 2.24) is 9.80 Å². The van der Waals surface area contributed by atoms with Gasteiger partial charge >= 0.3 is 5.97 Å². The molecule has 0 amide bonds. The minimum atomic E-state index is -0.600. The van der Waals surface area contributed by atoms with Crippen LogP contribution in [0.4, 0.5) is 0 Å². The number of piperazine rings is 1. The van der Waals surface area contributed by atoms with Crippen LogP contribution in [0.25, 0.3) is 6.08 Å². The van der Waals surface area contributed by atoms with Gasteiger partial charge in [0.25, 0.3) is 0 Å². The van der Waals surface area contributed by atoms with Crippen LogP contribution in [0.2, 0.25) is 0 Å². The van der Waals surface area contributed by atoms with E-state index in [0.29, 0.717) is 42.5 Å². The number of esters is 1. The number of β-amino-alcohol motifs (C(OH)–C–C–N with tert-alkyl or cyclic N) is 1. The van der Waals surface area contributed by atoms with Crippen LogP contribution >= 0.6 is 11.3 Å². The number of hydrogen-bond donors (Lipinski definition) is 3. The molecule has 2 heterocycles. The van der Waals surface area contributed by atoms with Crippen LogP contribution in [0.3, 0.4) is 0 Å². The third kappa shape index (κ3) is 4.86. The quantitative estimate of drug-likeness (QED) is 0.290. The van der Waals surface area contributed by atoms with Crippen LogP contribution in [-0.4, -0.2) is 77.8 Å². The molecule has 0 aliphatic carbocycles. The second-order valence-electron chi connectivity index (χ2n) is 6.04. The molecule has 0 bridgehead atoms. The maximum atomic E-state index is 12.0. The van der Waals surface area contributed by atoms with Crippen molar-refractivity contribution in [2.75, 3.05) is 45.9 Å². The van der Waals surface area contributed by atoms with E-state index in [1.165, 1.54) is 17.4 Å². The molecule has 1 aliphatic heterocycles. The zero-order chi connectivity index (χ0) is 20.0. The Labute approximate surface area is 162 Å². The zero-order valence-corrected chi connectivity index (χ0v) is 16.3. The van der Waals surface area contributed by atoms with Crippen molar-refractivity contribution in [3.05, 3.63) is 20.9 Å². The van der Waals surface area contributed by atoms with Gasteiger partial charge in [-0.15, -0.1) is 11.3 Å². The van der Waals surface area contributed by atoms with Crippen LogP contribution in [0.15, 0.2) is 5.57 Å². The molecule has 0 spiro atoms. The number of amidine groups is 1. The van der Waals surface area contributed by atoms with E-state index in [4.69, 9.17) is 15.3 Å². The summed E-state index contributed by atoms with van der Waals surface area (Å²) in [5.74, 6) is -0.731. The fraction of sp³-hybridized carbons (Fsp3) is 0.500. The second kappa shape index (κ2) is 9.50. The maximum absolute atomic E-state index is 12.0. The predicted molar refractivity (Wildman–Crippen MR) is 103 cm³/mol. The first-order valence-corrected chi connectivity index (χ1v) is 9.52. The van der Waals surface area contributed by atoms with Crippen molar-refractivity contribution >= 4 is 29.2 Å². The summed E-state index contributed by atoms with van der Waals surface area (Å²) in [6, 6.07) is 2.01. The smallest absolute Gasteiger partial charge is 0.343 e. The number of ether oxygens (including phenoxy) is 1. The van der Waals surface area contributed by atoms with E-state index >= 15 is 0 Å². The first kappa shape index (κ1) is 20.9. The summed E-state index contributed by atoms with van der Waals surface area (Å²) < 4.78 is 4.96. The number of carbonyl (C=O) groups excluding carboxylic acids is 1. The predicted octanol–water partition coefficient (Wildman–Crippen LogP) is 1.43. The Balaban J connectivity index is 2.19. The van der Waals surface area contributed by atoms with Gasteiger partial charge in [-0.2, -0.15) is 5.26 Å².